The number of pyridine rings is 1. The van der Waals surface area contributed by atoms with Gasteiger partial charge in [-0.1, -0.05) is 36.4 Å². The molecule has 0 aliphatic carbocycles. The highest BCUT2D eigenvalue weighted by Gasteiger charge is 2.22. The van der Waals surface area contributed by atoms with Crippen molar-refractivity contribution in [2.45, 2.75) is 13.5 Å². The van der Waals surface area contributed by atoms with E-state index in [1.807, 2.05) is 49.4 Å². The molecule has 4 heterocycles. The number of esters is 1. The monoisotopic (exact) mass is 461 g/mol. The van der Waals surface area contributed by atoms with Gasteiger partial charge in [-0.3, -0.25) is 9.20 Å². The van der Waals surface area contributed by atoms with Gasteiger partial charge in [-0.2, -0.15) is 0 Å². The molecule has 0 N–H and O–H groups in total. The average Bonchev–Trinajstić information content (AvgIpc) is 3.30. The molecule has 0 amide bonds. The summed E-state index contributed by atoms with van der Waals surface area (Å²) in [7, 11) is 0. The number of aryl methyl sites for hydroxylation is 1. The fraction of sp³-hybridized carbons (Fsp3) is 0.240. The van der Waals surface area contributed by atoms with Gasteiger partial charge >= 0.3 is 5.97 Å². The van der Waals surface area contributed by atoms with E-state index in [-0.39, 0.29) is 12.2 Å². The van der Waals surface area contributed by atoms with Crippen molar-refractivity contribution in [1.82, 2.24) is 9.38 Å². The summed E-state index contributed by atoms with van der Waals surface area (Å²) in [6.07, 6.45) is 1.68. The molecular weight excluding hydrogens is 438 g/mol. The Hall–Kier alpha value is -3.49. The van der Waals surface area contributed by atoms with Crippen LogP contribution in [0.4, 0.5) is 5.00 Å². The molecule has 5 rings (SSSR count). The van der Waals surface area contributed by atoms with E-state index in [0.29, 0.717) is 29.4 Å². The first-order valence-corrected chi connectivity index (χ1v) is 11.6. The smallest absolute Gasteiger partial charge is 0.348 e. The molecule has 4 aromatic rings. The van der Waals surface area contributed by atoms with Crippen LogP contribution in [0.3, 0.4) is 0 Å². The fourth-order valence-electron chi connectivity index (χ4n) is 3.90. The quantitative estimate of drug-likeness (QED) is 0.420. The van der Waals surface area contributed by atoms with E-state index in [4.69, 9.17) is 9.47 Å². The molecule has 168 valence electrons. The first kappa shape index (κ1) is 21.4. The Morgan fingerprint density at radius 2 is 1.91 bits per heavy atom. The second-order valence-electron chi connectivity index (χ2n) is 7.84. The topological polar surface area (TPSA) is 73.1 Å². The molecule has 7 nitrogen and oxygen atoms in total. The number of morpholine rings is 1. The first-order chi connectivity index (χ1) is 16.1. The number of fused-ring (bicyclic) bond motifs is 1. The third-order valence-corrected chi connectivity index (χ3v) is 6.76. The van der Waals surface area contributed by atoms with Gasteiger partial charge in [-0.25, -0.2) is 9.78 Å². The number of anilines is 1. The summed E-state index contributed by atoms with van der Waals surface area (Å²) in [5.74, 6) is -0.427. The summed E-state index contributed by atoms with van der Waals surface area (Å²) in [6.45, 7) is 4.70. The van der Waals surface area contributed by atoms with Crippen molar-refractivity contribution in [1.29, 1.82) is 0 Å². The van der Waals surface area contributed by atoms with E-state index < -0.39 is 5.97 Å². The molecule has 1 aliphatic rings. The SMILES string of the molecule is Cc1cccn2c(=O)cc(COC(=O)c3cc(-c4ccccc4)c(N4CCOCC4)s3)nc12. The predicted octanol–water partition coefficient (Wildman–Crippen LogP) is 3.93. The van der Waals surface area contributed by atoms with Gasteiger partial charge in [0, 0.05) is 30.9 Å². The predicted molar refractivity (Wildman–Crippen MR) is 128 cm³/mol. The number of carbonyl (C=O) groups excluding carboxylic acids is 1. The number of hydrogen-bond acceptors (Lipinski definition) is 7. The van der Waals surface area contributed by atoms with Gasteiger partial charge in [0.05, 0.1) is 23.9 Å². The molecule has 1 saturated heterocycles. The molecule has 1 aliphatic heterocycles. The summed E-state index contributed by atoms with van der Waals surface area (Å²) in [5.41, 5.74) is 3.72. The summed E-state index contributed by atoms with van der Waals surface area (Å²) in [5, 5.41) is 1.04. The Morgan fingerprint density at radius 1 is 1.12 bits per heavy atom. The van der Waals surface area contributed by atoms with Crippen LogP contribution in [0.25, 0.3) is 16.8 Å². The van der Waals surface area contributed by atoms with Gasteiger partial charge in [0.1, 0.15) is 17.1 Å². The van der Waals surface area contributed by atoms with Crippen LogP contribution in [0.1, 0.15) is 20.9 Å². The maximum atomic E-state index is 12.9. The zero-order valence-corrected chi connectivity index (χ0v) is 19.0. The number of benzene rings is 1. The molecule has 0 atom stereocenters. The van der Waals surface area contributed by atoms with Crippen molar-refractivity contribution < 1.29 is 14.3 Å². The molecule has 8 heteroatoms. The van der Waals surface area contributed by atoms with E-state index in [9.17, 15) is 9.59 Å². The maximum absolute atomic E-state index is 12.9. The number of rotatable bonds is 5. The molecule has 0 radical (unpaired) electrons. The fourth-order valence-corrected chi connectivity index (χ4v) is 5.03. The third-order valence-electron chi connectivity index (χ3n) is 5.59. The van der Waals surface area contributed by atoms with Crippen molar-refractivity contribution in [3.63, 3.8) is 0 Å². The summed E-state index contributed by atoms with van der Waals surface area (Å²) >= 11 is 1.42. The minimum absolute atomic E-state index is 0.0651. The second kappa shape index (κ2) is 9.17. The van der Waals surface area contributed by atoms with Crippen molar-refractivity contribution in [3.8, 4) is 11.1 Å². The molecule has 33 heavy (non-hydrogen) atoms. The zero-order chi connectivity index (χ0) is 22.8. The third kappa shape index (κ3) is 4.40. The van der Waals surface area contributed by atoms with Crippen LogP contribution in [0.5, 0.6) is 0 Å². The maximum Gasteiger partial charge on any atom is 0.348 e. The van der Waals surface area contributed by atoms with Crippen LogP contribution in [-0.2, 0) is 16.1 Å². The van der Waals surface area contributed by atoms with Gasteiger partial charge in [0.25, 0.3) is 5.56 Å². The molecular formula is C25H23N3O4S. The zero-order valence-electron chi connectivity index (χ0n) is 18.2. The summed E-state index contributed by atoms with van der Waals surface area (Å²) in [6, 6.07) is 17.0. The van der Waals surface area contributed by atoms with Gasteiger partial charge in [0.15, 0.2) is 0 Å². The van der Waals surface area contributed by atoms with Crippen LogP contribution in [0, 0.1) is 6.92 Å². The Kier molecular flexibility index (Phi) is 5.93. The lowest BCUT2D eigenvalue weighted by Gasteiger charge is -2.28. The highest BCUT2D eigenvalue weighted by molar-refractivity contribution is 7.18. The minimum Gasteiger partial charge on any atom is -0.455 e. The molecule has 1 fully saturated rings. The lowest BCUT2D eigenvalue weighted by molar-refractivity contribution is 0.0473. The normalized spacial score (nSPS) is 13.9. The van der Waals surface area contributed by atoms with Crippen molar-refractivity contribution in [3.05, 3.63) is 87.3 Å². The standard InChI is InChI=1S/C25H23N3O4S/c1-17-6-5-9-28-22(29)14-19(26-23(17)28)16-32-25(30)21-15-20(18-7-3-2-4-8-18)24(33-21)27-10-12-31-13-11-27/h2-9,14-15H,10-13,16H2,1H3. The highest BCUT2D eigenvalue weighted by Crippen LogP contribution is 2.39. The lowest BCUT2D eigenvalue weighted by atomic mass is 10.1. The second-order valence-corrected chi connectivity index (χ2v) is 8.87. The van der Waals surface area contributed by atoms with Gasteiger partial charge in [-0.05, 0) is 30.2 Å². The van der Waals surface area contributed by atoms with E-state index in [0.717, 1.165) is 34.8 Å². The van der Waals surface area contributed by atoms with Crippen LogP contribution in [-0.4, -0.2) is 41.7 Å². The number of hydrogen-bond donors (Lipinski definition) is 0. The van der Waals surface area contributed by atoms with Gasteiger partial charge in [-0.15, -0.1) is 11.3 Å². The first-order valence-electron chi connectivity index (χ1n) is 10.8. The Morgan fingerprint density at radius 3 is 2.70 bits per heavy atom. The van der Waals surface area contributed by atoms with E-state index in [1.54, 1.807) is 12.3 Å². The molecule has 0 spiro atoms. The van der Waals surface area contributed by atoms with E-state index in [2.05, 4.69) is 9.88 Å². The van der Waals surface area contributed by atoms with E-state index in [1.165, 1.54) is 21.8 Å². The highest BCUT2D eigenvalue weighted by atomic mass is 32.1. The van der Waals surface area contributed by atoms with Gasteiger partial charge in [0.2, 0.25) is 0 Å². The van der Waals surface area contributed by atoms with Crippen molar-refractivity contribution in [2.75, 3.05) is 31.2 Å². The van der Waals surface area contributed by atoms with Crippen LogP contribution in [0.2, 0.25) is 0 Å². The number of nitrogens with zero attached hydrogens (tertiary/aromatic N) is 3. The largest absolute Gasteiger partial charge is 0.455 e. The van der Waals surface area contributed by atoms with Crippen LogP contribution < -0.4 is 10.5 Å². The Bertz CT molecular complexity index is 1360. The van der Waals surface area contributed by atoms with E-state index >= 15 is 0 Å². The van der Waals surface area contributed by atoms with Crippen LogP contribution >= 0.6 is 11.3 Å². The molecule has 0 unspecified atom stereocenters. The lowest BCUT2D eigenvalue weighted by Crippen LogP contribution is -2.35. The number of carbonyl (C=O) groups is 1. The number of aromatic nitrogens is 2. The Balaban J connectivity index is 1.41. The Labute approximate surface area is 194 Å². The number of ether oxygens (including phenoxy) is 2. The van der Waals surface area contributed by atoms with Crippen molar-refractivity contribution in [2.24, 2.45) is 0 Å². The minimum atomic E-state index is -0.427. The summed E-state index contributed by atoms with van der Waals surface area (Å²) in [4.78, 5) is 32.6. The average molecular weight is 462 g/mol. The van der Waals surface area contributed by atoms with Gasteiger partial charge < -0.3 is 14.4 Å². The molecule has 0 bridgehead atoms. The van der Waals surface area contributed by atoms with Crippen molar-refractivity contribution >= 4 is 28.0 Å². The molecule has 1 aromatic carbocycles. The number of thiophene rings is 1. The van der Waals surface area contributed by atoms with Crippen LogP contribution in [0.15, 0.2) is 65.6 Å². The molecule has 0 saturated carbocycles. The molecule has 3 aromatic heterocycles. The summed E-state index contributed by atoms with van der Waals surface area (Å²) < 4.78 is 12.5.